The molecule has 11 nitrogen and oxygen atoms in total. The van der Waals surface area contributed by atoms with Crippen LogP contribution in [0.15, 0.2) is 23.1 Å². The lowest BCUT2D eigenvalue weighted by Gasteiger charge is -2.34. The molecule has 0 unspecified atom stereocenters. The van der Waals surface area contributed by atoms with E-state index in [0.29, 0.717) is 22.6 Å². The van der Waals surface area contributed by atoms with Gasteiger partial charge in [-0.2, -0.15) is 18.3 Å². The van der Waals surface area contributed by atoms with Crippen LogP contribution in [0.3, 0.4) is 0 Å². The summed E-state index contributed by atoms with van der Waals surface area (Å²) >= 11 is 0. The lowest BCUT2D eigenvalue weighted by molar-refractivity contribution is -0.178. The number of rotatable bonds is 7. The second-order valence-electron chi connectivity index (χ2n) is 11.1. The predicted octanol–water partition coefficient (Wildman–Crippen LogP) is 3.99. The number of imidazole rings is 1. The Kier molecular flexibility index (Phi) is 6.80. The maximum absolute atomic E-state index is 14.0. The van der Waals surface area contributed by atoms with E-state index in [9.17, 15) is 31.5 Å². The third kappa shape index (κ3) is 5.81. The van der Waals surface area contributed by atoms with Crippen molar-refractivity contribution in [2.24, 2.45) is 11.8 Å². The van der Waals surface area contributed by atoms with Gasteiger partial charge in [-0.15, -0.1) is 0 Å². The van der Waals surface area contributed by atoms with Crippen LogP contribution in [0, 0.1) is 11.8 Å². The van der Waals surface area contributed by atoms with Gasteiger partial charge in [-0.05, 0) is 48.4 Å². The molecule has 4 heterocycles. The number of amides is 3. The number of nitrogens with one attached hydrogen (secondary N) is 2. The molecule has 2 atom stereocenters. The first-order chi connectivity index (χ1) is 19.5. The molecule has 3 fully saturated rings. The molecule has 3 aromatic heterocycles. The molecule has 3 aliphatic rings. The average Bonchev–Trinajstić information content (AvgIpc) is 3.48. The first kappa shape index (κ1) is 27.3. The van der Waals surface area contributed by atoms with Crippen molar-refractivity contribution >= 4 is 17.6 Å². The Labute approximate surface area is 229 Å². The molecule has 2 aliphatic carbocycles. The molecular formula is C25H27F5N8O3. The second kappa shape index (κ2) is 10.2. The van der Waals surface area contributed by atoms with E-state index in [4.69, 9.17) is 4.63 Å². The predicted molar refractivity (Wildman–Crippen MR) is 130 cm³/mol. The summed E-state index contributed by atoms with van der Waals surface area (Å²) in [6, 6.07) is 0.230. The van der Waals surface area contributed by atoms with Crippen LogP contribution >= 0.6 is 0 Å². The Morgan fingerprint density at radius 3 is 2.66 bits per heavy atom. The number of urea groups is 1. The molecule has 6 rings (SSSR count). The highest BCUT2D eigenvalue weighted by Crippen LogP contribution is 2.42. The largest absolute Gasteiger partial charge is 0.395 e. The van der Waals surface area contributed by atoms with E-state index in [1.165, 1.54) is 10.7 Å². The summed E-state index contributed by atoms with van der Waals surface area (Å²) in [6.07, 6.45) is -0.0598. The second-order valence-corrected chi connectivity index (χ2v) is 11.1. The van der Waals surface area contributed by atoms with Crippen molar-refractivity contribution in [1.82, 2.24) is 40.4 Å². The number of nitrogens with zero attached hydrogens (tertiary/aromatic N) is 6. The molecule has 220 valence electrons. The summed E-state index contributed by atoms with van der Waals surface area (Å²) in [5, 5.41) is 17.1. The zero-order valence-electron chi connectivity index (χ0n) is 21.7. The fraction of sp³-hybridized carbons (Fsp3) is 0.600. The Hall–Kier alpha value is -3.85. The van der Waals surface area contributed by atoms with Gasteiger partial charge >= 0.3 is 12.2 Å². The number of aromatic nitrogens is 5. The third-order valence-electron chi connectivity index (χ3n) is 7.99. The SMILES string of the molecule is O=C(N[C@H](c1cn2ncc(CN3C[C@@H](C(F)(F)F)CNC3=O)cc2n1)C1CCC(F)(F)CC1)c1nonc1C1CC1. The summed E-state index contributed by atoms with van der Waals surface area (Å²) < 4.78 is 73.8. The van der Waals surface area contributed by atoms with Crippen LogP contribution in [0.25, 0.3) is 5.65 Å². The van der Waals surface area contributed by atoms with Gasteiger partial charge in [-0.1, -0.05) is 5.16 Å². The van der Waals surface area contributed by atoms with Gasteiger partial charge in [0.15, 0.2) is 11.3 Å². The molecule has 0 bridgehead atoms. The lowest BCUT2D eigenvalue weighted by atomic mass is 9.81. The summed E-state index contributed by atoms with van der Waals surface area (Å²) in [5.74, 6) is -5.26. The first-order valence-corrected chi connectivity index (χ1v) is 13.4. The molecule has 1 aliphatic heterocycles. The standard InChI is InChI=1S/C25H27F5N8O3/c26-24(27)5-3-15(4-6-24)19(34-22(39)21-20(14-1-2-14)35-41-36-21)17-12-38-18(33-17)7-13(8-32-38)10-37-11-16(25(28,29)30)9-31-23(37)40/h7-8,12,14-16,19H,1-6,9-11H2,(H,31,40)(H,34,39)/t16-,19-/m0/s1. The number of alkyl halides is 5. The number of carbonyl (C=O) groups is 2. The Balaban J connectivity index is 1.24. The summed E-state index contributed by atoms with van der Waals surface area (Å²) in [6.45, 7) is -1.09. The molecule has 2 N–H and O–H groups in total. The van der Waals surface area contributed by atoms with Gasteiger partial charge in [0, 0.05) is 38.4 Å². The first-order valence-electron chi connectivity index (χ1n) is 13.4. The van der Waals surface area contributed by atoms with Crippen LogP contribution in [-0.4, -0.2) is 66.9 Å². The lowest BCUT2D eigenvalue weighted by Crippen LogP contribution is -2.54. The van der Waals surface area contributed by atoms with Gasteiger partial charge in [-0.25, -0.2) is 27.7 Å². The van der Waals surface area contributed by atoms with Crippen molar-refractivity contribution in [3.05, 3.63) is 41.1 Å². The quantitative estimate of drug-likeness (QED) is 0.403. The number of hydrogen-bond donors (Lipinski definition) is 2. The van der Waals surface area contributed by atoms with Crippen LogP contribution in [0.5, 0.6) is 0 Å². The normalized spacial score (nSPS) is 22.5. The summed E-state index contributed by atoms with van der Waals surface area (Å²) in [7, 11) is 0. The molecule has 0 spiro atoms. The number of halogens is 5. The fourth-order valence-corrected chi connectivity index (χ4v) is 5.50. The van der Waals surface area contributed by atoms with Crippen LogP contribution in [0.1, 0.15) is 77.9 Å². The van der Waals surface area contributed by atoms with Crippen molar-refractivity contribution in [1.29, 1.82) is 0 Å². The van der Waals surface area contributed by atoms with Gasteiger partial charge in [0.1, 0.15) is 5.69 Å². The van der Waals surface area contributed by atoms with Crippen molar-refractivity contribution < 1.29 is 36.2 Å². The monoisotopic (exact) mass is 582 g/mol. The number of hydrogen-bond acceptors (Lipinski definition) is 7. The molecule has 0 radical (unpaired) electrons. The van der Waals surface area contributed by atoms with Crippen molar-refractivity contribution in [2.75, 3.05) is 13.1 Å². The van der Waals surface area contributed by atoms with Gasteiger partial charge in [0.05, 0.1) is 30.0 Å². The molecule has 0 aromatic carbocycles. The highest BCUT2D eigenvalue weighted by Gasteiger charge is 2.44. The van der Waals surface area contributed by atoms with E-state index in [1.54, 1.807) is 12.3 Å². The maximum atomic E-state index is 14.0. The van der Waals surface area contributed by atoms with Crippen LogP contribution < -0.4 is 10.6 Å². The van der Waals surface area contributed by atoms with Crippen LogP contribution in [0.4, 0.5) is 26.7 Å². The Morgan fingerprint density at radius 2 is 1.95 bits per heavy atom. The molecule has 1 saturated heterocycles. The summed E-state index contributed by atoms with van der Waals surface area (Å²) in [4.78, 5) is 31.1. The van der Waals surface area contributed by atoms with Crippen LogP contribution in [0.2, 0.25) is 0 Å². The Morgan fingerprint density at radius 1 is 1.20 bits per heavy atom. The van der Waals surface area contributed by atoms with Crippen molar-refractivity contribution in [2.45, 2.75) is 69.1 Å². The minimum atomic E-state index is -4.45. The average molecular weight is 583 g/mol. The minimum Gasteiger partial charge on any atom is -0.342 e. The Bertz CT molecular complexity index is 1440. The zero-order chi connectivity index (χ0) is 28.9. The van der Waals surface area contributed by atoms with Gasteiger partial charge in [-0.3, -0.25) is 4.79 Å². The highest BCUT2D eigenvalue weighted by molar-refractivity contribution is 5.93. The fourth-order valence-electron chi connectivity index (χ4n) is 5.50. The van der Waals surface area contributed by atoms with Crippen LogP contribution in [-0.2, 0) is 6.54 Å². The molecule has 41 heavy (non-hydrogen) atoms. The molecule has 2 saturated carbocycles. The molecule has 3 amide bonds. The van der Waals surface area contributed by atoms with E-state index in [2.05, 4.69) is 31.0 Å². The van der Waals surface area contributed by atoms with Crippen molar-refractivity contribution in [3.8, 4) is 0 Å². The molecule has 3 aromatic rings. The topological polar surface area (TPSA) is 131 Å². The zero-order valence-corrected chi connectivity index (χ0v) is 21.7. The van der Waals surface area contributed by atoms with Gasteiger partial charge < -0.3 is 15.5 Å². The van der Waals surface area contributed by atoms with Crippen molar-refractivity contribution in [3.63, 3.8) is 0 Å². The summed E-state index contributed by atoms with van der Waals surface area (Å²) in [5.41, 5.74) is 1.68. The van der Waals surface area contributed by atoms with E-state index < -0.39 is 49.1 Å². The maximum Gasteiger partial charge on any atom is 0.395 e. The highest BCUT2D eigenvalue weighted by atomic mass is 19.4. The number of fused-ring (bicyclic) bond motifs is 1. The minimum absolute atomic E-state index is 0.0554. The van der Waals surface area contributed by atoms with E-state index in [1.807, 2.05) is 0 Å². The van der Waals surface area contributed by atoms with E-state index in [0.717, 1.165) is 17.7 Å². The smallest absolute Gasteiger partial charge is 0.342 e. The molecule has 16 heteroatoms. The molecular weight excluding hydrogens is 555 g/mol. The number of carbonyl (C=O) groups excluding carboxylic acids is 2. The van der Waals surface area contributed by atoms with E-state index in [-0.39, 0.29) is 49.8 Å². The van der Waals surface area contributed by atoms with Gasteiger partial charge in [0.2, 0.25) is 5.92 Å². The van der Waals surface area contributed by atoms with Gasteiger partial charge in [0.25, 0.3) is 5.91 Å². The third-order valence-corrected chi connectivity index (χ3v) is 7.99. The van der Waals surface area contributed by atoms with E-state index >= 15 is 0 Å².